The van der Waals surface area contributed by atoms with E-state index in [4.69, 9.17) is 5.21 Å². The van der Waals surface area contributed by atoms with Crippen molar-refractivity contribution < 1.29 is 18.4 Å². The van der Waals surface area contributed by atoms with Gasteiger partial charge in [-0.2, -0.15) is 10.2 Å². The summed E-state index contributed by atoms with van der Waals surface area (Å²) in [5.41, 5.74) is 2.85. The molecule has 1 aliphatic rings. The Hall–Kier alpha value is -2.62. The predicted octanol–water partition coefficient (Wildman–Crippen LogP) is 3.44. The molecule has 1 aliphatic carbocycles. The van der Waals surface area contributed by atoms with Crippen molar-refractivity contribution in [2.45, 2.75) is 36.6 Å². The van der Waals surface area contributed by atoms with Gasteiger partial charge in [0.2, 0.25) is 15.9 Å². The van der Waals surface area contributed by atoms with Gasteiger partial charge in [0.25, 0.3) is 0 Å². The third kappa shape index (κ3) is 5.00. The standard InChI is InChI=1S/C19H22N4O4S/c24-19(22-25)17-8-4-5-9-18(17)23-28(26,27)16-12-10-15(11-13-16)21-20-14-6-2-1-3-7-14/h1-3,6-7,10-13,17-18,23,25H,4-5,8-9H2,(H,22,24)/t17-,18+/m1/s1. The molecule has 2 aromatic rings. The van der Waals surface area contributed by atoms with Gasteiger partial charge in [0.15, 0.2) is 0 Å². The van der Waals surface area contributed by atoms with E-state index < -0.39 is 27.9 Å². The van der Waals surface area contributed by atoms with Crippen molar-refractivity contribution in [3.63, 3.8) is 0 Å². The maximum Gasteiger partial charge on any atom is 0.248 e. The molecule has 0 heterocycles. The summed E-state index contributed by atoms with van der Waals surface area (Å²) in [6.07, 6.45) is 2.71. The Balaban J connectivity index is 1.71. The lowest BCUT2D eigenvalue weighted by molar-refractivity contribution is -0.135. The number of sulfonamides is 1. The van der Waals surface area contributed by atoms with Crippen molar-refractivity contribution in [3.05, 3.63) is 54.6 Å². The van der Waals surface area contributed by atoms with E-state index in [1.54, 1.807) is 17.6 Å². The van der Waals surface area contributed by atoms with Crippen LogP contribution in [0, 0.1) is 5.92 Å². The second-order valence-electron chi connectivity index (χ2n) is 6.62. The molecule has 0 unspecified atom stereocenters. The van der Waals surface area contributed by atoms with Gasteiger partial charge in [0.1, 0.15) is 0 Å². The van der Waals surface area contributed by atoms with Gasteiger partial charge >= 0.3 is 0 Å². The van der Waals surface area contributed by atoms with Crippen LogP contribution in [0.1, 0.15) is 25.7 Å². The van der Waals surface area contributed by atoms with Gasteiger partial charge in [-0.1, -0.05) is 31.0 Å². The minimum atomic E-state index is -3.80. The average Bonchev–Trinajstić information content (AvgIpc) is 2.73. The highest BCUT2D eigenvalue weighted by Gasteiger charge is 2.34. The lowest BCUT2D eigenvalue weighted by Crippen LogP contribution is -2.47. The van der Waals surface area contributed by atoms with Crippen molar-refractivity contribution >= 4 is 27.3 Å². The summed E-state index contributed by atoms with van der Waals surface area (Å²) in [6.45, 7) is 0. The van der Waals surface area contributed by atoms with Gasteiger partial charge in [-0.15, -0.1) is 0 Å². The third-order valence-corrected chi connectivity index (χ3v) is 6.21. The fourth-order valence-electron chi connectivity index (χ4n) is 3.24. The summed E-state index contributed by atoms with van der Waals surface area (Å²) in [5, 5.41) is 17.1. The van der Waals surface area contributed by atoms with Gasteiger partial charge < -0.3 is 0 Å². The van der Waals surface area contributed by atoms with Crippen LogP contribution in [0.3, 0.4) is 0 Å². The van der Waals surface area contributed by atoms with Gasteiger partial charge in [0, 0.05) is 6.04 Å². The molecule has 148 valence electrons. The van der Waals surface area contributed by atoms with Crippen LogP contribution in [0.5, 0.6) is 0 Å². The molecule has 1 fully saturated rings. The molecule has 3 rings (SSSR count). The molecule has 2 atom stereocenters. The number of amides is 1. The number of nitrogens with one attached hydrogen (secondary N) is 2. The zero-order valence-corrected chi connectivity index (χ0v) is 16.0. The smallest absolute Gasteiger partial charge is 0.248 e. The second kappa shape index (κ2) is 9.05. The Morgan fingerprint density at radius 2 is 1.54 bits per heavy atom. The van der Waals surface area contributed by atoms with Crippen LogP contribution < -0.4 is 10.2 Å². The fraction of sp³-hybridized carbons (Fsp3) is 0.316. The van der Waals surface area contributed by atoms with Gasteiger partial charge in [-0.3, -0.25) is 10.0 Å². The van der Waals surface area contributed by atoms with Gasteiger partial charge in [-0.05, 0) is 49.2 Å². The predicted molar refractivity (Wildman–Crippen MR) is 103 cm³/mol. The van der Waals surface area contributed by atoms with E-state index in [1.807, 2.05) is 30.3 Å². The molecule has 3 N–H and O–H groups in total. The molecule has 8 nitrogen and oxygen atoms in total. The van der Waals surface area contributed by atoms with E-state index in [0.717, 1.165) is 12.8 Å². The first-order valence-corrected chi connectivity index (χ1v) is 10.5. The first-order chi connectivity index (χ1) is 13.5. The van der Waals surface area contributed by atoms with Crippen molar-refractivity contribution in [1.29, 1.82) is 0 Å². The highest BCUT2D eigenvalue weighted by molar-refractivity contribution is 7.89. The first kappa shape index (κ1) is 20.1. The van der Waals surface area contributed by atoms with Crippen LogP contribution in [0.25, 0.3) is 0 Å². The molecule has 2 aromatic carbocycles. The zero-order valence-electron chi connectivity index (χ0n) is 15.2. The van der Waals surface area contributed by atoms with E-state index in [9.17, 15) is 13.2 Å². The Labute approximate surface area is 163 Å². The minimum absolute atomic E-state index is 0.0832. The second-order valence-corrected chi connectivity index (χ2v) is 8.34. The maximum absolute atomic E-state index is 12.7. The number of azo groups is 1. The van der Waals surface area contributed by atoms with Crippen LogP contribution >= 0.6 is 0 Å². The molecule has 0 aromatic heterocycles. The molecular weight excluding hydrogens is 380 g/mol. The Bertz CT molecular complexity index is 930. The molecule has 0 aliphatic heterocycles. The van der Waals surface area contributed by atoms with Gasteiger partial charge in [-0.25, -0.2) is 18.6 Å². The van der Waals surface area contributed by atoms with Gasteiger partial charge in [0.05, 0.1) is 22.2 Å². The minimum Gasteiger partial charge on any atom is -0.289 e. The van der Waals surface area contributed by atoms with Crippen LogP contribution in [0.15, 0.2) is 69.7 Å². The third-order valence-electron chi connectivity index (χ3n) is 4.70. The number of hydroxylamine groups is 1. The monoisotopic (exact) mass is 402 g/mol. The number of carbonyl (C=O) groups excluding carboxylic acids is 1. The van der Waals surface area contributed by atoms with E-state index in [1.165, 1.54) is 12.1 Å². The molecule has 1 saturated carbocycles. The molecule has 28 heavy (non-hydrogen) atoms. The number of hydrogen-bond acceptors (Lipinski definition) is 6. The van der Waals surface area contributed by atoms with E-state index in [0.29, 0.717) is 24.2 Å². The van der Waals surface area contributed by atoms with E-state index in [-0.39, 0.29) is 4.90 Å². The van der Waals surface area contributed by atoms with Crippen molar-refractivity contribution in [2.24, 2.45) is 16.1 Å². The van der Waals surface area contributed by atoms with Crippen molar-refractivity contribution in [3.8, 4) is 0 Å². The Morgan fingerprint density at radius 1 is 0.929 bits per heavy atom. The molecule has 0 saturated heterocycles. The highest BCUT2D eigenvalue weighted by Crippen LogP contribution is 2.27. The molecule has 9 heteroatoms. The molecular formula is C19H22N4O4S. The largest absolute Gasteiger partial charge is 0.289 e. The van der Waals surface area contributed by atoms with E-state index in [2.05, 4.69) is 15.0 Å². The lowest BCUT2D eigenvalue weighted by Gasteiger charge is -2.30. The summed E-state index contributed by atoms with van der Waals surface area (Å²) in [5.74, 6) is -1.16. The van der Waals surface area contributed by atoms with Crippen molar-refractivity contribution in [1.82, 2.24) is 10.2 Å². The topological polar surface area (TPSA) is 120 Å². The number of nitrogens with zero attached hydrogens (tertiary/aromatic N) is 2. The van der Waals surface area contributed by atoms with E-state index >= 15 is 0 Å². The van der Waals surface area contributed by atoms with Crippen LogP contribution in [-0.4, -0.2) is 25.6 Å². The molecule has 1 amide bonds. The average molecular weight is 402 g/mol. The zero-order chi connectivity index (χ0) is 20.0. The summed E-state index contributed by atoms with van der Waals surface area (Å²) < 4.78 is 28.0. The normalized spacial score (nSPS) is 20.2. The SMILES string of the molecule is O=C(NO)[C@@H]1CCCC[C@@H]1NS(=O)(=O)c1ccc(N=Nc2ccccc2)cc1. The van der Waals surface area contributed by atoms with Crippen LogP contribution in [0.2, 0.25) is 0 Å². The highest BCUT2D eigenvalue weighted by atomic mass is 32.2. The first-order valence-electron chi connectivity index (χ1n) is 9.03. The summed E-state index contributed by atoms with van der Waals surface area (Å²) in [4.78, 5) is 11.9. The Morgan fingerprint density at radius 3 is 2.18 bits per heavy atom. The summed E-state index contributed by atoms with van der Waals surface area (Å²) in [7, 11) is -3.80. The van der Waals surface area contributed by atoms with Crippen molar-refractivity contribution in [2.75, 3.05) is 0 Å². The number of rotatable bonds is 6. The lowest BCUT2D eigenvalue weighted by atomic mass is 9.85. The maximum atomic E-state index is 12.7. The fourth-order valence-corrected chi connectivity index (χ4v) is 4.55. The number of hydrogen-bond donors (Lipinski definition) is 3. The Kier molecular flexibility index (Phi) is 6.50. The van der Waals surface area contributed by atoms with Crippen LogP contribution in [-0.2, 0) is 14.8 Å². The quantitative estimate of drug-likeness (QED) is 0.389. The molecule has 0 spiro atoms. The molecule has 0 bridgehead atoms. The number of carbonyl (C=O) groups is 1. The number of benzene rings is 2. The molecule has 0 radical (unpaired) electrons. The summed E-state index contributed by atoms with van der Waals surface area (Å²) >= 11 is 0. The van der Waals surface area contributed by atoms with Crippen LogP contribution in [0.4, 0.5) is 11.4 Å². The summed E-state index contributed by atoms with van der Waals surface area (Å²) in [6, 6.07) is 14.7.